The van der Waals surface area contributed by atoms with Crippen LogP contribution in [0.3, 0.4) is 0 Å². The van der Waals surface area contributed by atoms with Crippen LogP contribution >= 0.6 is 0 Å². The average molecular weight is 425 g/mol. The lowest BCUT2D eigenvalue weighted by Crippen LogP contribution is -2.40. The molecule has 1 aromatic carbocycles. The molecular weight excluding hydrogens is 396 g/mol. The van der Waals surface area contributed by atoms with Crippen molar-refractivity contribution in [3.8, 4) is 0 Å². The molecule has 2 fully saturated rings. The Bertz CT molecular complexity index is 797. The van der Waals surface area contributed by atoms with Crippen LogP contribution in [-0.2, 0) is 35.5 Å². The summed E-state index contributed by atoms with van der Waals surface area (Å²) in [4.78, 5) is 25.9. The Kier molecular flexibility index (Phi) is 7.63. The molecule has 1 aromatic rings. The molecular formula is C20H28N2O6S. The van der Waals surface area contributed by atoms with Gasteiger partial charge < -0.3 is 14.4 Å². The first-order chi connectivity index (χ1) is 14.0. The van der Waals surface area contributed by atoms with E-state index in [1.165, 1.54) is 4.31 Å². The fourth-order valence-corrected chi connectivity index (χ4v) is 4.87. The van der Waals surface area contributed by atoms with E-state index in [9.17, 15) is 18.0 Å². The maximum Gasteiger partial charge on any atom is 0.306 e. The van der Waals surface area contributed by atoms with Crippen molar-refractivity contribution in [3.05, 3.63) is 29.8 Å². The van der Waals surface area contributed by atoms with E-state index in [0.717, 1.165) is 37.9 Å². The number of piperidine rings is 1. The summed E-state index contributed by atoms with van der Waals surface area (Å²) < 4.78 is 36.9. The zero-order valence-corrected chi connectivity index (χ0v) is 17.4. The predicted molar refractivity (Wildman–Crippen MR) is 106 cm³/mol. The van der Waals surface area contributed by atoms with Gasteiger partial charge >= 0.3 is 5.97 Å². The Morgan fingerprint density at radius 2 is 1.62 bits per heavy atom. The molecule has 0 radical (unpaired) electrons. The number of esters is 1. The standard InChI is InChI=1S/C20H28N2O6S/c23-19(21-10-2-1-3-11-21)16-28-20(24)9-6-17-4-7-18(8-5-17)29(25,26)22-12-14-27-15-13-22/h4-5,7-8H,1-3,6,9-16H2. The second-order valence-electron chi connectivity index (χ2n) is 7.26. The summed E-state index contributed by atoms with van der Waals surface area (Å²) in [7, 11) is -3.52. The van der Waals surface area contributed by atoms with Crippen LogP contribution in [0.15, 0.2) is 29.2 Å². The van der Waals surface area contributed by atoms with Gasteiger partial charge in [-0.25, -0.2) is 8.42 Å². The van der Waals surface area contributed by atoms with Gasteiger partial charge in [0.1, 0.15) is 0 Å². The molecule has 2 aliphatic heterocycles. The predicted octanol–water partition coefficient (Wildman–Crippen LogP) is 1.20. The van der Waals surface area contributed by atoms with Crippen molar-refractivity contribution in [2.45, 2.75) is 37.0 Å². The lowest BCUT2D eigenvalue weighted by atomic mass is 10.1. The molecule has 0 aromatic heterocycles. The van der Waals surface area contributed by atoms with Crippen LogP contribution in [0.5, 0.6) is 0 Å². The van der Waals surface area contributed by atoms with Crippen LogP contribution < -0.4 is 0 Å². The smallest absolute Gasteiger partial charge is 0.306 e. The minimum atomic E-state index is -3.52. The van der Waals surface area contributed by atoms with Gasteiger partial charge in [-0.15, -0.1) is 0 Å². The number of hydrogen-bond donors (Lipinski definition) is 0. The van der Waals surface area contributed by atoms with Crippen molar-refractivity contribution in [1.82, 2.24) is 9.21 Å². The van der Waals surface area contributed by atoms with E-state index in [1.54, 1.807) is 29.2 Å². The Hall–Kier alpha value is -1.97. The second-order valence-corrected chi connectivity index (χ2v) is 9.20. The molecule has 0 aliphatic carbocycles. The van der Waals surface area contributed by atoms with E-state index >= 15 is 0 Å². The maximum atomic E-state index is 12.6. The van der Waals surface area contributed by atoms with Crippen molar-refractivity contribution >= 4 is 21.9 Å². The van der Waals surface area contributed by atoms with Gasteiger partial charge in [-0.3, -0.25) is 9.59 Å². The van der Waals surface area contributed by atoms with Crippen LogP contribution in [0.1, 0.15) is 31.2 Å². The number of nitrogens with zero attached hydrogens (tertiary/aromatic N) is 2. The Morgan fingerprint density at radius 3 is 2.28 bits per heavy atom. The highest BCUT2D eigenvalue weighted by atomic mass is 32.2. The molecule has 0 N–H and O–H groups in total. The lowest BCUT2D eigenvalue weighted by Gasteiger charge is -2.26. The van der Waals surface area contributed by atoms with E-state index in [2.05, 4.69) is 0 Å². The first-order valence-electron chi connectivity index (χ1n) is 10.1. The lowest BCUT2D eigenvalue weighted by molar-refractivity contribution is -0.152. The zero-order chi connectivity index (χ0) is 20.7. The topological polar surface area (TPSA) is 93.2 Å². The normalized spacial score (nSPS) is 18.4. The summed E-state index contributed by atoms with van der Waals surface area (Å²) in [5, 5.41) is 0. The number of sulfonamides is 1. The van der Waals surface area contributed by atoms with Crippen molar-refractivity contribution < 1.29 is 27.5 Å². The molecule has 0 bridgehead atoms. The summed E-state index contributed by atoms with van der Waals surface area (Å²) in [5.74, 6) is -0.573. The summed E-state index contributed by atoms with van der Waals surface area (Å²) in [6, 6.07) is 6.54. The van der Waals surface area contributed by atoms with Gasteiger partial charge in [0.05, 0.1) is 18.1 Å². The maximum absolute atomic E-state index is 12.6. The van der Waals surface area contributed by atoms with Gasteiger partial charge in [0.2, 0.25) is 10.0 Å². The summed E-state index contributed by atoms with van der Waals surface area (Å²) >= 11 is 0. The van der Waals surface area contributed by atoms with Crippen LogP contribution in [-0.4, -0.2) is 75.5 Å². The van der Waals surface area contributed by atoms with Crippen molar-refractivity contribution in [1.29, 1.82) is 0 Å². The number of benzene rings is 1. The van der Waals surface area contributed by atoms with E-state index in [0.29, 0.717) is 32.7 Å². The van der Waals surface area contributed by atoms with E-state index < -0.39 is 16.0 Å². The minimum Gasteiger partial charge on any atom is -0.456 e. The quantitative estimate of drug-likeness (QED) is 0.611. The first kappa shape index (κ1) is 21.7. The molecule has 2 heterocycles. The van der Waals surface area contributed by atoms with Crippen LogP contribution in [0, 0.1) is 0 Å². The van der Waals surface area contributed by atoms with Gasteiger partial charge in [-0.1, -0.05) is 12.1 Å². The van der Waals surface area contributed by atoms with Crippen LogP contribution in [0.4, 0.5) is 0 Å². The highest BCUT2D eigenvalue weighted by Gasteiger charge is 2.26. The third-order valence-corrected chi connectivity index (χ3v) is 7.13. The van der Waals surface area contributed by atoms with Crippen LogP contribution in [0.2, 0.25) is 0 Å². The molecule has 9 heteroatoms. The zero-order valence-electron chi connectivity index (χ0n) is 16.5. The van der Waals surface area contributed by atoms with Gasteiger partial charge in [-0.05, 0) is 43.4 Å². The van der Waals surface area contributed by atoms with Crippen molar-refractivity contribution in [2.75, 3.05) is 46.0 Å². The monoisotopic (exact) mass is 424 g/mol. The Labute approximate surface area is 171 Å². The highest BCUT2D eigenvalue weighted by molar-refractivity contribution is 7.89. The SMILES string of the molecule is O=C(CCc1ccc(S(=O)(=O)N2CCOCC2)cc1)OCC(=O)N1CCCCC1. The number of likely N-dealkylation sites (tertiary alicyclic amines) is 1. The first-order valence-corrected chi connectivity index (χ1v) is 11.5. The molecule has 3 rings (SSSR count). The fourth-order valence-electron chi connectivity index (χ4n) is 3.46. The van der Waals surface area contributed by atoms with Crippen molar-refractivity contribution in [2.24, 2.45) is 0 Å². The van der Waals surface area contributed by atoms with Gasteiger partial charge in [0, 0.05) is 32.6 Å². The molecule has 8 nitrogen and oxygen atoms in total. The number of ether oxygens (including phenoxy) is 2. The van der Waals surface area contributed by atoms with Gasteiger partial charge in [-0.2, -0.15) is 4.31 Å². The Balaban J connectivity index is 1.44. The van der Waals surface area contributed by atoms with Gasteiger partial charge in [0.25, 0.3) is 5.91 Å². The van der Waals surface area contributed by atoms with Crippen molar-refractivity contribution in [3.63, 3.8) is 0 Å². The number of carbonyl (C=O) groups excluding carboxylic acids is 2. The summed E-state index contributed by atoms with van der Waals surface area (Å²) in [6.45, 7) is 2.76. The summed E-state index contributed by atoms with van der Waals surface area (Å²) in [6.07, 6.45) is 3.70. The van der Waals surface area contributed by atoms with E-state index in [4.69, 9.17) is 9.47 Å². The minimum absolute atomic E-state index is 0.142. The number of amides is 1. The summed E-state index contributed by atoms with van der Waals surface area (Å²) in [5.41, 5.74) is 0.838. The molecule has 160 valence electrons. The molecule has 0 saturated carbocycles. The average Bonchev–Trinajstić information content (AvgIpc) is 2.77. The largest absolute Gasteiger partial charge is 0.456 e. The number of rotatable bonds is 7. The molecule has 2 saturated heterocycles. The number of carbonyl (C=O) groups is 2. The second kappa shape index (κ2) is 10.2. The van der Waals surface area contributed by atoms with Gasteiger partial charge in [0.15, 0.2) is 6.61 Å². The number of morpholine rings is 1. The molecule has 29 heavy (non-hydrogen) atoms. The Morgan fingerprint density at radius 1 is 0.966 bits per heavy atom. The molecule has 2 aliphatic rings. The third-order valence-electron chi connectivity index (χ3n) is 5.21. The third kappa shape index (κ3) is 6.01. The fraction of sp³-hybridized carbons (Fsp3) is 0.600. The van der Waals surface area contributed by atoms with E-state index in [-0.39, 0.29) is 23.8 Å². The molecule has 1 amide bonds. The molecule has 0 unspecified atom stereocenters. The molecule has 0 atom stereocenters. The molecule has 0 spiro atoms. The number of aryl methyl sites for hydroxylation is 1. The highest BCUT2D eigenvalue weighted by Crippen LogP contribution is 2.18. The number of hydrogen-bond acceptors (Lipinski definition) is 6. The van der Waals surface area contributed by atoms with Crippen LogP contribution in [0.25, 0.3) is 0 Å². The van der Waals surface area contributed by atoms with E-state index in [1.807, 2.05) is 0 Å².